The second-order valence-electron chi connectivity index (χ2n) is 8.62. The molecule has 4 rings (SSSR count). The number of nitrogens with zero attached hydrogens (tertiary/aromatic N) is 5. The first-order chi connectivity index (χ1) is 16.4. The van der Waals surface area contributed by atoms with Crippen molar-refractivity contribution in [2.45, 2.75) is 39.1 Å². The van der Waals surface area contributed by atoms with Crippen LogP contribution in [0.2, 0.25) is 0 Å². The van der Waals surface area contributed by atoms with Crippen LogP contribution in [0.15, 0.2) is 43.0 Å². The van der Waals surface area contributed by atoms with Crippen molar-refractivity contribution in [1.29, 1.82) is 0 Å². The summed E-state index contributed by atoms with van der Waals surface area (Å²) in [5.74, 6) is 0.0378. The number of carboxylic acid groups (broad SMARTS) is 1. The Hall–Kier alpha value is -2.80. The number of aromatic nitrogens is 4. The van der Waals surface area contributed by atoms with Crippen LogP contribution in [0, 0.1) is 11.8 Å². The van der Waals surface area contributed by atoms with E-state index in [0.29, 0.717) is 36.5 Å². The molecule has 0 saturated carbocycles. The number of nitrogens with one attached hydrogen (secondary N) is 1. The molecule has 0 aliphatic carbocycles. The fraction of sp³-hybridized carbons (Fsp3) is 0.435. The van der Waals surface area contributed by atoms with Gasteiger partial charge in [-0.2, -0.15) is 0 Å². The Balaban J connectivity index is 1.53. The molecule has 0 spiro atoms. The van der Waals surface area contributed by atoms with Crippen LogP contribution in [-0.2, 0) is 16.1 Å². The lowest BCUT2D eigenvalue weighted by Gasteiger charge is -2.25. The molecule has 10 nitrogen and oxygen atoms in total. The van der Waals surface area contributed by atoms with Crippen molar-refractivity contribution in [3.05, 3.63) is 48.5 Å². The minimum absolute atomic E-state index is 0.0149. The Morgan fingerprint density at radius 3 is 2.71 bits per heavy atom. The number of imidazole rings is 1. The average molecular weight is 578 g/mol. The number of anilines is 1. The summed E-state index contributed by atoms with van der Waals surface area (Å²) >= 11 is 2.27. The Bertz CT molecular complexity index is 1150. The van der Waals surface area contributed by atoms with E-state index in [0.717, 1.165) is 9.99 Å². The predicted octanol–water partition coefficient (Wildman–Crippen LogP) is 3.94. The molecule has 2 aromatic heterocycles. The maximum Gasteiger partial charge on any atom is 0.407 e. The Morgan fingerprint density at radius 2 is 2.03 bits per heavy atom. The van der Waals surface area contributed by atoms with Crippen LogP contribution in [-0.4, -0.2) is 58.6 Å². The molecule has 3 atom stereocenters. The zero-order valence-electron chi connectivity index (χ0n) is 19.0. The second kappa shape index (κ2) is 10.6. The molecular formula is C23H27IN6O4. The van der Waals surface area contributed by atoms with E-state index in [1.807, 2.05) is 34.9 Å². The summed E-state index contributed by atoms with van der Waals surface area (Å²) in [7, 11) is 0. The van der Waals surface area contributed by atoms with E-state index in [9.17, 15) is 14.7 Å². The SMILES string of the molecule is CC(C)C(=O)Nc1ncnc2c1ncn2[C@H]1C[C@H](CN(Cc2ccccc2)C(=O)O)[C@@H](CI)O1. The van der Waals surface area contributed by atoms with Crippen LogP contribution in [0.3, 0.4) is 0 Å². The van der Waals surface area contributed by atoms with E-state index in [1.165, 1.54) is 11.2 Å². The predicted molar refractivity (Wildman–Crippen MR) is 135 cm³/mol. The molecular weight excluding hydrogens is 551 g/mol. The van der Waals surface area contributed by atoms with Gasteiger partial charge in [0, 0.05) is 29.4 Å². The number of amides is 2. The van der Waals surface area contributed by atoms with Crippen molar-refractivity contribution >= 4 is 51.6 Å². The van der Waals surface area contributed by atoms with E-state index < -0.39 is 6.09 Å². The van der Waals surface area contributed by atoms with Crippen LogP contribution in [0.4, 0.5) is 10.6 Å². The fourth-order valence-electron chi connectivity index (χ4n) is 4.03. The van der Waals surface area contributed by atoms with Crippen molar-refractivity contribution < 1.29 is 19.4 Å². The zero-order chi connectivity index (χ0) is 24.2. The first-order valence-electron chi connectivity index (χ1n) is 11.1. The normalized spacial score (nSPS) is 20.1. The number of hydrogen-bond acceptors (Lipinski definition) is 6. The number of fused-ring (bicyclic) bond motifs is 1. The molecule has 1 aromatic carbocycles. The quantitative estimate of drug-likeness (QED) is 0.307. The van der Waals surface area contributed by atoms with E-state index in [4.69, 9.17) is 4.74 Å². The largest absolute Gasteiger partial charge is 0.465 e. The summed E-state index contributed by atoms with van der Waals surface area (Å²) in [5, 5.41) is 12.6. The van der Waals surface area contributed by atoms with Gasteiger partial charge in [-0.25, -0.2) is 19.7 Å². The first-order valence-corrected chi connectivity index (χ1v) is 12.6. The highest BCUT2D eigenvalue weighted by Crippen LogP contribution is 2.37. The number of carbonyl (C=O) groups is 2. The van der Waals surface area contributed by atoms with Gasteiger partial charge in [0.05, 0.1) is 12.4 Å². The molecule has 34 heavy (non-hydrogen) atoms. The summed E-state index contributed by atoms with van der Waals surface area (Å²) in [6, 6.07) is 9.57. The highest BCUT2D eigenvalue weighted by molar-refractivity contribution is 14.1. The Labute approximate surface area is 210 Å². The third-order valence-corrected chi connectivity index (χ3v) is 6.76. The number of halogens is 1. The molecule has 1 fully saturated rings. The van der Waals surface area contributed by atoms with Crippen molar-refractivity contribution in [3.8, 4) is 0 Å². The Morgan fingerprint density at radius 1 is 1.26 bits per heavy atom. The van der Waals surface area contributed by atoms with Gasteiger partial charge in [0.2, 0.25) is 5.91 Å². The fourth-order valence-corrected chi connectivity index (χ4v) is 4.95. The van der Waals surface area contributed by atoms with Crippen molar-refractivity contribution in [1.82, 2.24) is 24.4 Å². The molecule has 2 amide bonds. The number of hydrogen-bond donors (Lipinski definition) is 2. The first kappa shape index (κ1) is 24.3. The summed E-state index contributed by atoms with van der Waals surface area (Å²) in [6.07, 6.45) is 2.25. The summed E-state index contributed by atoms with van der Waals surface area (Å²) in [5.41, 5.74) is 2.00. The average Bonchev–Trinajstić information content (AvgIpc) is 3.43. The van der Waals surface area contributed by atoms with E-state index in [-0.39, 0.29) is 30.1 Å². The molecule has 0 bridgehead atoms. The molecule has 1 aliphatic rings. The van der Waals surface area contributed by atoms with Crippen molar-refractivity contribution in [2.24, 2.45) is 11.8 Å². The van der Waals surface area contributed by atoms with Gasteiger partial charge in [-0.05, 0) is 12.0 Å². The minimum Gasteiger partial charge on any atom is -0.465 e. The van der Waals surface area contributed by atoms with Gasteiger partial charge in [-0.1, -0.05) is 66.8 Å². The van der Waals surface area contributed by atoms with Crippen LogP contribution >= 0.6 is 22.6 Å². The maximum atomic E-state index is 12.1. The molecule has 3 aromatic rings. The molecule has 0 radical (unpaired) electrons. The molecule has 11 heteroatoms. The van der Waals surface area contributed by atoms with Gasteiger partial charge in [0.1, 0.15) is 12.6 Å². The third kappa shape index (κ3) is 5.30. The molecule has 1 aliphatic heterocycles. The highest BCUT2D eigenvalue weighted by atomic mass is 127. The molecule has 0 unspecified atom stereocenters. The molecule has 2 N–H and O–H groups in total. The second-order valence-corrected chi connectivity index (χ2v) is 9.50. The van der Waals surface area contributed by atoms with Gasteiger partial charge in [-0.15, -0.1) is 0 Å². The van der Waals surface area contributed by atoms with Crippen molar-refractivity contribution in [2.75, 3.05) is 16.3 Å². The summed E-state index contributed by atoms with van der Waals surface area (Å²) < 4.78 is 8.88. The summed E-state index contributed by atoms with van der Waals surface area (Å²) in [4.78, 5) is 38.5. The molecule has 180 valence electrons. The minimum atomic E-state index is -0.953. The summed E-state index contributed by atoms with van der Waals surface area (Å²) in [6.45, 7) is 4.31. The third-order valence-electron chi connectivity index (χ3n) is 5.89. The van der Waals surface area contributed by atoms with E-state index in [2.05, 4.69) is 42.9 Å². The lowest BCUT2D eigenvalue weighted by molar-refractivity contribution is -0.118. The van der Waals surface area contributed by atoms with Gasteiger partial charge in [0.15, 0.2) is 17.0 Å². The van der Waals surface area contributed by atoms with Crippen LogP contribution in [0.5, 0.6) is 0 Å². The van der Waals surface area contributed by atoms with Crippen LogP contribution < -0.4 is 5.32 Å². The Kier molecular flexibility index (Phi) is 7.61. The van der Waals surface area contributed by atoms with Gasteiger partial charge < -0.3 is 20.1 Å². The van der Waals surface area contributed by atoms with Gasteiger partial charge in [-0.3, -0.25) is 9.36 Å². The van der Waals surface area contributed by atoms with E-state index in [1.54, 1.807) is 20.2 Å². The zero-order valence-corrected chi connectivity index (χ0v) is 21.1. The molecule has 1 saturated heterocycles. The smallest absolute Gasteiger partial charge is 0.407 e. The molecule has 3 heterocycles. The number of rotatable bonds is 8. The monoisotopic (exact) mass is 578 g/mol. The lowest BCUT2D eigenvalue weighted by atomic mass is 10.0. The number of benzene rings is 1. The standard InChI is InChI=1S/C23H27IN6O4/c1-14(2)22(31)28-20-19-21(26-12-25-20)30(13-27-19)18-8-16(17(9-24)34-18)11-29(23(32)33)10-15-6-4-3-5-7-15/h3-7,12-14,16-18H,8-11H2,1-2H3,(H,32,33)(H,25,26,28,31)/t16-,17-,18-/m1/s1. The van der Waals surface area contributed by atoms with Crippen molar-refractivity contribution in [3.63, 3.8) is 0 Å². The number of ether oxygens (including phenoxy) is 1. The van der Waals surface area contributed by atoms with E-state index >= 15 is 0 Å². The number of carbonyl (C=O) groups excluding carboxylic acids is 1. The van der Waals surface area contributed by atoms with Gasteiger partial charge >= 0.3 is 6.09 Å². The highest BCUT2D eigenvalue weighted by Gasteiger charge is 2.38. The lowest BCUT2D eigenvalue weighted by Crippen LogP contribution is -2.36. The van der Waals surface area contributed by atoms with Gasteiger partial charge in [0.25, 0.3) is 0 Å². The number of alkyl halides is 1. The van der Waals surface area contributed by atoms with Crippen LogP contribution in [0.1, 0.15) is 32.1 Å². The van der Waals surface area contributed by atoms with Crippen LogP contribution in [0.25, 0.3) is 11.2 Å². The maximum absolute atomic E-state index is 12.1. The topological polar surface area (TPSA) is 122 Å².